The van der Waals surface area contributed by atoms with Crippen molar-refractivity contribution in [2.45, 2.75) is 26.2 Å². The number of hydrogen-bond donors (Lipinski definition) is 1. The quantitative estimate of drug-likeness (QED) is 0.852. The highest BCUT2D eigenvalue weighted by atomic mass is 16.5. The summed E-state index contributed by atoms with van der Waals surface area (Å²) in [4.78, 5) is 13.7. The first kappa shape index (κ1) is 12.1. The van der Waals surface area contributed by atoms with E-state index in [4.69, 9.17) is 4.74 Å². The SMILES string of the molecule is CCOCC(=O)N1CCC(c2[nH]ncc2C)C1. The van der Waals surface area contributed by atoms with Gasteiger partial charge < -0.3 is 9.64 Å². The number of aromatic nitrogens is 2. The number of carbonyl (C=O) groups is 1. The minimum atomic E-state index is 0.0894. The zero-order valence-corrected chi connectivity index (χ0v) is 10.4. The van der Waals surface area contributed by atoms with Gasteiger partial charge in [0.25, 0.3) is 0 Å². The van der Waals surface area contributed by atoms with Crippen LogP contribution in [0, 0.1) is 6.92 Å². The van der Waals surface area contributed by atoms with Crippen molar-refractivity contribution in [3.63, 3.8) is 0 Å². The number of carbonyl (C=O) groups excluding carboxylic acids is 1. The summed E-state index contributed by atoms with van der Waals surface area (Å²) in [5.74, 6) is 0.481. The van der Waals surface area contributed by atoms with Crippen LogP contribution in [-0.2, 0) is 9.53 Å². The molecule has 1 atom stereocenters. The average molecular weight is 237 g/mol. The predicted octanol–water partition coefficient (Wildman–Crippen LogP) is 1.07. The highest BCUT2D eigenvalue weighted by molar-refractivity contribution is 5.77. The van der Waals surface area contributed by atoms with Crippen LogP contribution < -0.4 is 0 Å². The number of aryl methyl sites for hydroxylation is 1. The Labute approximate surface area is 101 Å². The van der Waals surface area contributed by atoms with E-state index in [-0.39, 0.29) is 12.5 Å². The van der Waals surface area contributed by atoms with E-state index in [0.29, 0.717) is 12.5 Å². The molecule has 17 heavy (non-hydrogen) atoms. The van der Waals surface area contributed by atoms with Gasteiger partial charge in [0.2, 0.25) is 5.91 Å². The third kappa shape index (κ3) is 2.66. The monoisotopic (exact) mass is 237 g/mol. The number of amides is 1. The zero-order chi connectivity index (χ0) is 12.3. The van der Waals surface area contributed by atoms with Gasteiger partial charge in [-0.3, -0.25) is 9.89 Å². The fourth-order valence-corrected chi connectivity index (χ4v) is 2.27. The minimum absolute atomic E-state index is 0.0894. The van der Waals surface area contributed by atoms with E-state index in [0.717, 1.165) is 25.2 Å². The molecule has 1 aromatic heterocycles. The second-order valence-electron chi connectivity index (χ2n) is 4.43. The van der Waals surface area contributed by atoms with Crippen molar-refractivity contribution in [2.75, 3.05) is 26.3 Å². The van der Waals surface area contributed by atoms with E-state index in [2.05, 4.69) is 10.2 Å². The first-order valence-corrected chi connectivity index (χ1v) is 6.07. The Kier molecular flexibility index (Phi) is 3.78. The summed E-state index contributed by atoms with van der Waals surface area (Å²) in [6.07, 6.45) is 2.83. The average Bonchev–Trinajstić information content (AvgIpc) is 2.93. The van der Waals surface area contributed by atoms with Crippen molar-refractivity contribution in [2.24, 2.45) is 0 Å². The van der Waals surface area contributed by atoms with Crippen LogP contribution in [0.4, 0.5) is 0 Å². The van der Waals surface area contributed by atoms with E-state index in [1.54, 1.807) is 0 Å². The van der Waals surface area contributed by atoms with Gasteiger partial charge in [0.05, 0.1) is 6.20 Å². The molecule has 1 fully saturated rings. The van der Waals surface area contributed by atoms with Crippen LogP contribution in [0.5, 0.6) is 0 Å². The number of hydrogen-bond acceptors (Lipinski definition) is 3. The maximum absolute atomic E-state index is 11.8. The lowest BCUT2D eigenvalue weighted by Gasteiger charge is -2.16. The fourth-order valence-electron chi connectivity index (χ4n) is 2.27. The van der Waals surface area contributed by atoms with Crippen molar-refractivity contribution < 1.29 is 9.53 Å². The lowest BCUT2D eigenvalue weighted by atomic mass is 10.0. The van der Waals surface area contributed by atoms with Crippen molar-refractivity contribution >= 4 is 5.91 Å². The number of nitrogens with zero attached hydrogens (tertiary/aromatic N) is 2. The molecule has 0 aromatic carbocycles. The summed E-state index contributed by atoms with van der Waals surface area (Å²) in [6.45, 7) is 6.31. The first-order valence-electron chi connectivity index (χ1n) is 6.07. The van der Waals surface area contributed by atoms with Crippen molar-refractivity contribution in [1.29, 1.82) is 0 Å². The third-order valence-corrected chi connectivity index (χ3v) is 3.25. The highest BCUT2D eigenvalue weighted by Gasteiger charge is 2.28. The molecule has 0 aliphatic carbocycles. The van der Waals surface area contributed by atoms with Crippen LogP contribution in [0.2, 0.25) is 0 Å². The van der Waals surface area contributed by atoms with Crippen LogP contribution in [0.15, 0.2) is 6.20 Å². The molecule has 94 valence electrons. The second kappa shape index (κ2) is 5.31. The smallest absolute Gasteiger partial charge is 0.248 e. The summed E-state index contributed by atoms with van der Waals surface area (Å²) < 4.78 is 5.15. The molecular weight excluding hydrogens is 218 g/mol. The Morgan fingerprint density at radius 1 is 1.71 bits per heavy atom. The van der Waals surface area contributed by atoms with Gasteiger partial charge in [-0.05, 0) is 25.8 Å². The van der Waals surface area contributed by atoms with Gasteiger partial charge in [-0.15, -0.1) is 0 Å². The van der Waals surface area contributed by atoms with Gasteiger partial charge in [-0.2, -0.15) is 5.10 Å². The summed E-state index contributed by atoms with van der Waals surface area (Å²) in [5.41, 5.74) is 2.34. The first-order chi connectivity index (χ1) is 8.22. The van der Waals surface area contributed by atoms with Crippen molar-refractivity contribution in [3.05, 3.63) is 17.5 Å². The molecule has 5 nitrogen and oxygen atoms in total. The standard InChI is InChI=1S/C12H19N3O2/c1-3-17-8-11(16)15-5-4-10(7-15)12-9(2)6-13-14-12/h6,10H,3-5,7-8H2,1-2H3,(H,13,14). The summed E-state index contributed by atoms with van der Waals surface area (Å²) in [7, 11) is 0. The number of nitrogens with one attached hydrogen (secondary N) is 1. The van der Waals surface area contributed by atoms with Gasteiger partial charge in [0.15, 0.2) is 0 Å². The Morgan fingerprint density at radius 3 is 3.18 bits per heavy atom. The van der Waals surface area contributed by atoms with Crippen LogP contribution in [0.1, 0.15) is 30.5 Å². The summed E-state index contributed by atoms with van der Waals surface area (Å²) >= 11 is 0. The maximum atomic E-state index is 11.8. The molecule has 1 aromatic rings. The van der Waals surface area contributed by atoms with Crippen LogP contribution >= 0.6 is 0 Å². The molecule has 1 amide bonds. The molecule has 0 spiro atoms. The minimum Gasteiger partial charge on any atom is -0.372 e. The van der Waals surface area contributed by atoms with Gasteiger partial charge in [-0.1, -0.05) is 0 Å². The van der Waals surface area contributed by atoms with E-state index in [1.165, 1.54) is 5.56 Å². The molecule has 1 saturated heterocycles. The fraction of sp³-hybridized carbons (Fsp3) is 0.667. The Bertz CT molecular complexity index is 389. The van der Waals surface area contributed by atoms with E-state index in [1.807, 2.05) is 24.9 Å². The van der Waals surface area contributed by atoms with E-state index >= 15 is 0 Å². The van der Waals surface area contributed by atoms with Gasteiger partial charge in [0, 0.05) is 31.3 Å². The Morgan fingerprint density at radius 2 is 2.53 bits per heavy atom. The van der Waals surface area contributed by atoms with E-state index in [9.17, 15) is 4.79 Å². The largest absolute Gasteiger partial charge is 0.372 e. The van der Waals surface area contributed by atoms with Crippen molar-refractivity contribution in [1.82, 2.24) is 15.1 Å². The van der Waals surface area contributed by atoms with Gasteiger partial charge >= 0.3 is 0 Å². The number of H-pyrrole nitrogens is 1. The summed E-state index contributed by atoms with van der Waals surface area (Å²) in [5, 5.41) is 7.06. The summed E-state index contributed by atoms with van der Waals surface area (Å²) in [6, 6.07) is 0. The van der Waals surface area contributed by atoms with Gasteiger partial charge in [0.1, 0.15) is 6.61 Å². The normalized spacial score (nSPS) is 19.9. The topological polar surface area (TPSA) is 58.2 Å². The van der Waals surface area contributed by atoms with Crippen molar-refractivity contribution in [3.8, 4) is 0 Å². The molecule has 0 saturated carbocycles. The van der Waals surface area contributed by atoms with Crippen LogP contribution in [-0.4, -0.2) is 47.3 Å². The number of rotatable bonds is 4. The zero-order valence-electron chi connectivity index (χ0n) is 10.4. The molecule has 1 aliphatic rings. The Hall–Kier alpha value is -1.36. The Balaban J connectivity index is 1.91. The third-order valence-electron chi connectivity index (χ3n) is 3.25. The molecule has 1 aliphatic heterocycles. The maximum Gasteiger partial charge on any atom is 0.248 e. The second-order valence-corrected chi connectivity index (χ2v) is 4.43. The van der Waals surface area contributed by atoms with Crippen LogP contribution in [0.3, 0.4) is 0 Å². The molecule has 2 heterocycles. The highest BCUT2D eigenvalue weighted by Crippen LogP contribution is 2.27. The predicted molar refractivity (Wildman–Crippen MR) is 63.8 cm³/mol. The lowest BCUT2D eigenvalue weighted by Crippen LogP contribution is -2.31. The molecule has 2 rings (SSSR count). The molecule has 1 unspecified atom stereocenters. The molecular formula is C12H19N3O2. The van der Waals surface area contributed by atoms with Crippen LogP contribution in [0.25, 0.3) is 0 Å². The number of ether oxygens (including phenoxy) is 1. The van der Waals surface area contributed by atoms with E-state index < -0.39 is 0 Å². The molecule has 5 heteroatoms. The number of aromatic amines is 1. The lowest BCUT2D eigenvalue weighted by molar-refractivity contribution is -0.134. The molecule has 0 radical (unpaired) electrons. The van der Waals surface area contributed by atoms with Gasteiger partial charge in [-0.25, -0.2) is 0 Å². The molecule has 1 N–H and O–H groups in total. The number of likely N-dealkylation sites (tertiary alicyclic amines) is 1. The molecule has 0 bridgehead atoms.